The van der Waals surface area contributed by atoms with Crippen LogP contribution in [-0.2, 0) is 9.53 Å². The third kappa shape index (κ3) is 4.64. The van der Waals surface area contributed by atoms with Crippen LogP contribution in [0.15, 0.2) is 0 Å². The Morgan fingerprint density at radius 3 is 2.59 bits per heavy atom. The molecule has 0 radical (unpaired) electrons. The van der Waals surface area contributed by atoms with E-state index < -0.39 is 0 Å². The van der Waals surface area contributed by atoms with Gasteiger partial charge in [-0.15, -0.1) is 0 Å². The fraction of sp³-hybridized carbons (Fsp3) is 0.923. The van der Waals surface area contributed by atoms with Crippen LogP contribution in [0.2, 0.25) is 0 Å². The summed E-state index contributed by atoms with van der Waals surface area (Å²) in [5, 5.41) is 3.30. The first-order chi connectivity index (χ1) is 7.83. The standard InChI is InChI=1S/C13H26N2O2/c1-10-8-15(7-6-11(10)14-5)12(16)9-17-13(2,3)4/h10-11,14H,6-9H2,1-5H3. The minimum absolute atomic E-state index is 0.112. The lowest BCUT2D eigenvalue weighted by atomic mass is 9.94. The van der Waals surface area contributed by atoms with Gasteiger partial charge in [0.25, 0.3) is 0 Å². The summed E-state index contributed by atoms with van der Waals surface area (Å²) in [7, 11) is 1.99. The van der Waals surface area contributed by atoms with Crippen molar-refractivity contribution >= 4 is 5.91 Å². The van der Waals surface area contributed by atoms with Crippen LogP contribution in [0.3, 0.4) is 0 Å². The minimum Gasteiger partial charge on any atom is -0.366 e. The third-order valence-electron chi connectivity index (χ3n) is 3.26. The maximum atomic E-state index is 12.0. The van der Waals surface area contributed by atoms with Gasteiger partial charge in [0.05, 0.1) is 5.60 Å². The lowest BCUT2D eigenvalue weighted by Gasteiger charge is -2.37. The second kappa shape index (κ2) is 5.83. The Hall–Kier alpha value is -0.610. The van der Waals surface area contributed by atoms with Gasteiger partial charge in [-0.25, -0.2) is 0 Å². The molecule has 0 aromatic carbocycles. The van der Waals surface area contributed by atoms with Crippen LogP contribution in [-0.4, -0.2) is 49.2 Å². The zero-order valence-electron chi connectivity index (χ0n) is 11.7. The highest BCUT2D eigenvalue weighted by Gasteiger charge is 2.28. The molecular weight excluding hydrogens is 216 g/mol. The molecule has 100 valence electrons. The molecular formula is C13H26N2O2. The fourth-order valence-electron chi connectivity index (χ4n) is 2.17. The lowest BCUT2D eigenvalue weighted by Crippen LogP contribution is -2.50. The molecule has 1 aliphatic heterocycles. The monoisotopic (exact) mass is 242 g/mol. The van der Waals surface area contributed by atoms with E-state index >= 15 is 0 Å². The fourth-order valence-corrected chi connectivity index (χ4v) is 2.17. The minimum atomic E-state index is -0.245. The van der Waals surface area contributed by atoms with E-state index in [-0.39, 0.29) is 18.1 Å². The quantitative estimate of drug-likeness (QED) is 0.810. The molecule has 2 atom stereocenters. The van der Waals surface area contributed by atoms with Crippen LogP contribution in [0.4, 0.5) is 0 Å². The molecule has 0 saturated carbocycles. The molecule has 1 N–H and O–H groups in total. The number of hydrogen-bond donors (Lipinski definition) is 1. The molecule has 2 unspecified atom stereocenters. The van der Waals surface area contributed by atoms with E-state index in [0.29, 0.717) is 12.0 Å². The van der Waals surface area contributed by atoms with Crippen molar-refractivity contribution in [3.8, 4) is 0 Å². The predicted octanol–water partition coefficient (Wildman–Crippen LogP) is 1.26. The van der Waals surface area contributed by atoms with Crippen LogP contribution in [0.1, 0.15) is 34.1 Å². The highest BCUT2D eigenvalue weighted by atomic mass is 16.5. The second-order valence-corrected chi connectivity index (χ2v) is 5.90. The average Bonchev–Trinajstić information content (AvgIpc) is 2.24. The Labute approximate surface area is 105 Å². The Bertz CT molecular complexity index is 261. The SMILES string of the molecule is CNC1CCN(C(=O)COC(C)(C)C)CC1C. The maximum absolute atomic E-state index is 12.0. The van der Waals surface area contributed by atoms with Gasteiger partial charge >= 0.3 is 0 Å². The molecule has 1 saturated heterocycles. The summed E-state index contributed by atoms with van der Waals surface area (Å²) < 4.78 is 5.53. The Morgan fingerprint density at radius 1 is 1.47 bits per heavy atom. The molecule has 1 aliphatic rings. The zero-order valence-corrected chi connectivity index (χ0v) is 11.7. The van der Waals surface area contributed by atoms with E-state index in [9.17, 15) is 4.79 Å². The third-order valence-corrected chi connectivity index (χ3v) is 3.26. The molecule has 0 aromatic rings. The van der Waals surface area contributed by atoms with Gasteiger partial charge in [0, 0.05) is 19.1 Å². The Balaban J connectivity index is 2.39. The molecule has 0 spiro atoms. The van der Waals surface area contributed by atoms with Gasteiger partial charge in [0.15, 0.2) is 0 Å². The first kappa shape index (κ1) is 14.5. The molecule has 17 heavy (non-hydrogen) atoms. The van der Waals surface area contributed by atoms with E-state index in [1.165, 1.54) is 0 Å². The van der Waals surface area contributed by atoms with Crippen molar-refractivity contribution in [2.24, 2.45) is 5.92 Å². The largest absolute Gasteiger partial charge is 0.366 e. The van der Waals surface area contributed by atoms with Crippen molar-refractivity contribution in [1.82, 2.24) is 10.2 Å². The summed E-state index contributed by atoms with van der Waals surface area (Å²) in [4.78, 5) is 13.9. The maximum Gasteiger partial charge on any atom is 0.248 e. The van der Waals surface area contributed by atoms with Gasteiger partial charge < -0.3 is 15.0 Å². The number of piperidine rings is 1. The van der Waals surface area contributed by atoms with E-state index in [1.807, 2.05) is 32.7 Å². The van der Waals surface area contributed by atoms with Gasteiger partial charge in [0.2, 0.25) is 5.91 Å². The van der Waals surface area contributed by atoms with Crippen molar-refractivity contribution in [3.63, 3.8) is 0 Å². The molecule has 0 aliphatic carbocycles. The zero-order chi connectivity index (χ0) is 13.1. The number of likely N-dealkylation sites (tertiary alicyclic amines) is 1. The number of rotatable bonds is 3. The van der Waals surface area contributed by atoms with E-state index in [4.69, 9.17) is 4.74 Å². The van der Waals surface area contributed by atoms with Gasteiger partial charge in [-0.1, -0.05) is 6.92 Å². The second-order valence-electron chi connectivity index (χ2n) is 5.90. The Morgan fingerprint density at radius 2 is 2.12 bits per heavy atom. The molecule has 1 rings (SSSR count). The molecule has 1 heterocycles. The smallest absolute Gasteiger partial charge is 0.248 e. The topological polar surface area (TPSA) is 41.6 Å². The summed E-state index contributed by atoms with van der Waals surface area (Å²) in [5.41, 5.74) is -0.245. The van der Waals surface area contributed by atoms with Crippen molar-refractivity contribution < 1.29 is 9.53 Å². The lowest BCUT2D eigenvalue weighted by molar-refractivity contribution is -0.143. The molecule has 0 bridgehead atoms. The van der Waals surface area contributed by atoms with Crippen LogP contribution in [0.5, 0.6) is 0 Å². The number of nitrogens with zero attached hydrogens (tertiary/aromatic N) is 1. The summed E-state index contributed by atoms with van der Waals surface area (Å²) in [5.74, 6) is 0.619. The van der Waals surface area contributed by atoms with Gasteiger partial charge in [-0.2, -0.15) is 0 Å². The Kier molecular flexibility index (Phi) is 4.95. The molecule has 1 amide bonds. The summed E-state index contributed by atoms with van der Waals surface area (Å²) >= 11 is 0. The number of carbonyl (C=O) groups excluding carboxylic acids is 1. The summed E-state index contributed by atoms with van der Waals surface area (Å²) in [6.45, 7) is 9.95. The number of amides is 1. The van der Waals surface area contributed by atoms with Crippen molar-refractivity contribution in [2.75, 3.05) is 26.7 Å². The van der Waals surface area contributed by atoms with Crippen molar-refractivity contribution in [1.29, 1.82) is 0 Å². The highest BCUT2D eigenvalue weighted by Crippen LogP contribution is 2.17. The molecule has 4 nitrogen and oxygen atoms in total. The van der Waals surface area contributed by atoms with Gasteiger partial charge in [0.1, 0.15) is 6.61 Å². The number of ether oxygens (including phenoxy) is 1. The highest BCUT2D eigenvalue weighted by molar-refractivity contribution is 5.77. The number of carbonyl (C=O) groups is 1. The van der Waals surface area contributed by atoms with Crippen molar-refractivity contribution in [3.05, 3.63) is 0 Å². The van der Waals surface area contributed by atoms with E-state index in [0.717, 1.165) is 19.5 Å². The average molecular weight is 242 g/mol. The summed E-state index contributed by atoms with van der Waals surface area (Å²) in [6.07, 6.45) is 1.03. The number of hydrogen-bond acceptors (Lipinski definition) is 3. The van der Waals surface area contributed by atoms with Crippen LogP contribution in [0.25, 0.3) is 0 Å². The van der Waals surface area contributed by atoms with Crippen molar-refractivity contribution in [2.45, 2.75) is 45.8 Å². The number of nitrogens with one attached hydrogen (secondary N) is 1. The first-order valence-corrected chi connectivity index (χ1v) is 6.42. The first-order valence-electron chi connectivity index (χ1n) is 6.42. The van der Waals surface area contributed by atoms with E-state index in [2.05, 4.69) is 12.2 Å². The van der Waals surface area contributed by atoms with Gasteiger partial charge in [-0.05, 0) is 40.2 Å². The van der Waals surface area contributed by atoms with Crippen LogP contribution >= 0.6 is 0 Å². The molecule has 4 heteroatoms. The van der Waals surface area contributed by atoms with E-state index in [1.54, 1.807) is 0 Å². The molecule has 0 aromatic heterocycles. The normalized spacial score (nSPS) is 26.1. The van der Waals surface area contributed by atoms with Crippen LogP contribution < -0.4 is 5.32 Å². The van der Waals surface area contributed by atoms with Crippen LogP contribution in [0, 0.1) is 5.92 Å². The molecule has 1 fully saturated rings. The summed E-state index contributed by atoms with van der Waals surface area (Å²) in [6, 6.07) is 0.530. The van der Waals surface area contributed by atoms with Gasteiger partial charge in [-0.3, -0.25) is 4.79 Å². The predicted molar refractivity (Wildman–Crippen MR) is 68.9 cm³/mol.